The zero-order valence-electron chi connectivity index (χ0n) is 9.29. The SMILES string of the molecule is CC(=O)Cc1cnc[c]([Sn]([CH3])([CH3])[CH3])c1. The fourth-order valence-electron chi connectivity index (χ4n) is 1.28. The molecule has 1 aromatic heterocycles. The number of hydrogen-bond acceptors (Lipinski definition) is 2. The van der Waals surface area contributed by atoms with Crippen molar-refractivity contribution in [2.75, 3.05) is 0 Å². The van der Waals surface area contributed by atoms with Crippen molar-refractivity contribution in [2.45, 2.75) is 28.2 Å². The maximum atomic E-state index is 11.0. The molecule has 1 aromatic rings. The molecule has 3 heteroatoms. The van der Waals surface area contributed by atoms with Crippen LogP contribution >= 0.6 is 0 Å². The summed E-state index contributed by atoms with van der Waals surface area (Å²) in [4.78, 5) is 22.2. The predicted octanol–water partition coefficient (Wildman–Crippen LogP) is 1.76. The van der Waals surface area contributed by atoms with E-state index in [4.69, 9.17) is 0 Å². The summed E-state index contributed by atoms with van der Waals surface area (Å²) in [5, 5.41) is 0. The molecular weight excluding hydrogens is 281 g/mol. The fourth-order valence-corrected chi connectivity index (χ4v) is 4.36. The standard InChI is InChI=1S/C8H8NO.3CH3.Sn/c1-7(10)5-8-3-2-4-9-6-8;;;;/h3-4,6H,5H2,1H3;3*1H3;. The molecule has 14 heavy (non-hydrogen) atoms. The van der Waals surface area contributed by atoms with Gasteiger partial charge in [0.2, 0.25) is 0 Å². The van der Waals surface area contributed by atoms with Crippen LogP contribution in [0.5, 0.6) is 0 Å². The van der Waals surface area contributed by atoms with Crippen LogP contribution in [0.1, 0.15) is 12.5 Å². The van der Waals surface area contributed by atoms with Crippen molar-refractivity contribution >= 4 is 27.7 Å². The van der Waals surface area contributed by atoms with Crippen LogP contribution in [0.2, 0.25) is 14.8 Å². The number of carbonyl (C=O) groups excluding carboxylic acids is 1. The van der Waals surface area contributed by atoms with Crippen LogP contribution in [0.3, 0.4) is 0 Å². The van der Waals surface area contributed by atoms with Gasteiger partial charge in [0.05, 0.1) is 0 Å². The molecule has 1 rings (SSSR count). The first-order valence-corrected chi connectivity index (χ1v) is 14.8. The molecule has 0 spiro atoms. The van der Waals surface area contributed by atoms with Gasteiger partial charge in [0.25, 0.3) is 0 Å². The summed E-state index contributed by atoms with van der Waals surface area (Å²) in [7, 11) is 0. The number of Topliss-reactive ketones (excluding diaryl/α,β-unsaturated/α-hetero) is 1. The second-order valence-electron chi connectivity index (χ2n) is 4.71. The fraction of sp³-hybridized carbons (Fsp3) is 0.455. The number of ketones is 1. The molecule has 0 saturated carbocycles. The normalized spacial score (nSPS) is 11.4. The predicted molar refractivity (Wildman–Crippen MR) is 61.6 cm³/mol. The van der Waals surface area contributed by atoms with Crippen LogP contribution in [0.15, 0.2) is 18.5 Å². The Labute approximate surface area is 89.6 Å². The van der Waals surface area contributed by atoms with E-state index in [9.17, 15) is 4.79 Å². The van der Waals surface area contributed by atoms with Gasteiger partial charge in [-0.05, 0) is 0 Å². The van der Waals surface area contributed by atoms with Gasteiger partial charge in [-0.15, -0.1) is 0 Å². The molecule has 0 aliphatic heterocycles. The Kier molecular flexibility index (Phi) is 3.70. The van der Waals surface area contributed by atoms with Gasteiger partial charge < -0.3 is 0 Å². The molecule has 0 aliphatic carbocycles. The zero-order valence-corrected chi connectivity index (χ0v) is 12.1. The van der Waals surface area contributed by atoms with E-state index in [2.05, 4.69) is 25.9 Å². The second kappa shape index (κ2) is 4.43. The molecule has 0 amide bonds. The Bertz CT molecular complexity index is 341. The zero-order chi connectivity index (χ0) is 10.8. The summed E-state index contributed by atoms with van der Waals surface area (Å²) in [5.41, 5.74) is 1.06. The maximum absolute atomic E-state index is 11.0. The van der Waals surface area contributed by atoms with E-state index in [1.807, 2.05) is 6.20 Å². The van der Waals surface area contributed by atoms with Gasteiger partial charge in [0, 0.05) is 0 Å². The quantitative estimate of drug-likeness (QED) is 0.796. The molecule has 0 saturated heterocycles. The molecule has 0 fully saturated rings. The van der Waals surface area contributed by atoms with E-state index in [1.54, 1.807) is 13.1 Å². The first kappa shape index (κ1) is 11.7. The van der Waals surface area contributed by atoms with Gasteiger partial charge in [-0.1, -0.05) is 0 Å². The van der Waals surface area contributed by atoms with E-state index in [-0.39, 0.29) is 5.78 Å². The summed E-state index contributed by atoms with van der Waals surface area (Å²) in [5.74, 6) is 0.202. The van der Waals surface area contributed by atoms with Crippen molar-refractivity contribution in [2.24, 2.45) is 0 Å². The molecule has 0 N–H and O–H groups in total. The summed E-state index contributed by atoms with van der Waals surface area (Å²) < 4.78 is 1.39. The van der Waals surface area contributed by atoms with E-state index in [0.717, 1.165) is 5.56 Å². The van der Waals surface area contributed by atoms with Gasteiger partial charge in [0.15, 0.2) is 0 Å². The molecule has 2 nitrogen and oxygen atoms in total. The molecule has 1 heterocycles. The van der Waals surface area contributed by atoms with Gasteiger partial charge in [-0.2, -0.15) is 0 Å². The van der Waals surface area contributed by atoms with Crippen LogP contribution in [0.4, 0.5) is 0 Å². The number of aromatic nitrogens is 1. The number of carbonyl (C=O) groups is 1. The molecule has 0 aromatic carbocycles. The third-order valence-corrected chi connectivity index (χ3v) is 7.84. The number of rotatable bonds is 3. The van der Waals surface area contributed by atoms with Gasteiger partial charge in [-0.3, -0.25) is 0 Å². The molecule has 0 radical (unpaired) electrons. The minimum absolute atomic E-state index is 0.202. The van der Waals surface area contributed by atoms with Gasteiger partial charge in [-0.25, -0.2) is 0 Å². The molecule has 0 bridgehead atoms. The second-order valence-corrected chi connectivity index (χ2v) is 19.2. The number of nitrogens with zero attached hydrogens (tertiary/aromatic N) is 1. The topological polar surface area (TPSA) is 30.0 Å². The van der Waals surface area contributed by atoms with Gasteiger partial charge >= 0.3 is 89.7 Å². The molecule has 76 valence electrons. The monoisotopic (exact) mass is 299 g/mol. The summed E-state index contributed by atoms with van der Waals surface area (Å²) >= 11 is -2.00. The van der Waals surface area contributed by atoms with Crippen LogP contribution in [0.25, 0.3) is 0 Å². The van der Waals surface area contributed by atoms with Crippen molar-refractivity contribution < 1.29 is 4.79 Å². The van der Waals surface area contributed by atoms with E-state index in [0.29, 0.717) is 6.42 Å². The summed E-state index contributed by atoms with van der Waals surface area (Å²) in [6.07, 6.45) is 4.27. The van der Waals surface area contributed by atoms with Crippen molar-refractivity contribution in [1.29, 1.82) is 0 Å². The van der Waals surface area contributed by atoms with E-state index in [1.165, 1.54) is 3.58 Å². The number of pyridine rings is 1. The third-order valence-electron chi connectivity index (χ3n) is 2.11. The van der Waals surface area contributed by atoms with Crippen LogP contribution < -0.4 is 3.58 Å². The Morgan fingerprint density at radius 3 is 2.50 bits per heavy atom. The van der Waals surface area contributed by atoms with Crippen molar-refractivity contribution in [3.63, 3.8) is 0 Å². The van der Waals surface area contributed by atoms with Crippen molar-refractivity contribution in [3.8, 4) is 0 Å². The van der Waals surface area contributed by atoms with E-state index < -0.39 is 18.4 Å². The Balaban J connectivity index is 2.95. The van der Waals surface area contributed by atoms with Crippen LogP contribution in [0, 0.1) is 0 Å². The average molecular weight is 298 g/mol. The Hall–Kier alpha value is -0.381. The first-order valence-electron chi connectivity index (χ1n) is 4.83. The van der Waals surface area contributed by atoms with Gasteiger partial charge in [0.1, 0.15) is 0 Å². The molecule has 0 unspecified atom stereocenters. The summed E-state index contributed by atoms with van der Waals surface area (Å²) in [6, 6.07) is 2.16. The minimum atomic E-state index is -2.00. The Morgan fingerprint density at radius 1 is 1.36 bits per heavy atom. The number of hydrogen-bond donors (Lipinski definition) is 0. The van der Waals surface area contributed by atoms with Crippen molar-refractivity contribution in [3.05, 3.63) is 24.0 Å². The van der Waals surface area contributed by atoms with Crippen molar-refractivity contribution in [1.82, 2.24) is 4.98 Å². The third kappa shape index (κ3) is 3.40. The summed E-state index contributed by atoms with van der Waals surface area (Å²) in [6.45, 7) is 1.62. The van der Waals surface area contributed by atoms with E-state index >= 15 is 0 Å². The average Bonchev–Trinajstić information content (AvgIpc) is 2.01. The van der Waals surface area contributed by atoms with Crippen LogP contribution in [-0.4, -0.2) is 29.1 Å². The Morgan fingerprint density at radius 2 is 2.00 bits per heavy atom. The molecular formula is C11H17NOSn. The molecule has 0 aliphatic rings. The molecule has 0 atom stereocenters. The first-order chi connectivity index (χ1) is 6.39. The van der Waals surface area contributed by atoms with Crippen LogP contribution in [-0.2, 0) is 11.2 Å².